The first-order chi connectivity index (χ1) is 13.8. The van der Waals surface area contributed by atoms with Crippen molar-refractivity contribution in [3.8, 4) is 0 Å². The molecule has 0 spiro atoms. The van der Waals surface area contributed by atoms with Crippen molar-refractivity contribution >= 4 is 17.9 Å². The van der Waals surface area contributed by atoms with Crippen LogP contribution in [0.4, 0.5) is 0 Å². The molecule has 0 amide bonds. The first-order valence-electron chi connectivity index (χ1n) is 9.05. The summed E-state index contributed by atoms with van der Waals surface area (Å²) in [5.41, 5.74) is 2.81. The zero-order valence-corrected chi connectivity index (χ0v) is 16.7. The van der Waals surface area contributed by atoms with E-state index in [2.05, 4.69) is 30.0 Å². The zero-order valence-electron chi connectivity index (χ0n) is 16.7. The Balaban J connectivity index is 0.000000612. The van der Waals surface area contributed by atoms with E-state index in [1.807, 2.05) is 49.5 Å². The average Bonchev–Trinajstić information content (AvgIpc) is 2.70. The molecule has 0 saturated heterocycles. The molecule has 0 bridgehead atoms. The Morgan fingerprint density at radius 3 is 2.10 bits per heavy atom. The predicted octanol–water partition coefficient (Wildman–Crippen LogP) is 2.50. The van der Waals surface area contributed by atoms with Crippen LogP contribution in [-0.2, 0) is 14.3 Å². The maximum Gasteiger partial charge on any atom is 0.414 e. The molecule has 2 N–H and O–H groups in total. The molecule has 1 unspecified atom stereocenters. The molecule has 0 aliphatic rings. The van der Waals surface area contributed by atoms with Crippen LogP contribution in [0.5, 0.6) is 0 Å². The number of benzene rings is 1. The molecule has 1 aromatic heterocycles. The van der Waals surface area contributed by atoms with E-state index in [1.165, 1.54) is 5.56 Å². The van der Waals surface area contributed by atoms with E-state index in [9.17, 15) is 4.79 Å². The largest absolute Gasteiger partial charge is 0.473 e. The van der Waals surface area contributed by atoms with Crippen LogP contribution in [0.2, 0.25) is 0 Å². The molecular weight excluding hydrogens is 376 g/mol. The number of aliphatic carboxylic acids is 2. The third-order valence-corrected chi connectivity index (χ3v) is 3.92. The number of aromatic nitrogens is 1. The van der Waals surface area contributed by atoms with Gasteiger partial charge in [0.2, 0.25) is 0 Å². The van der Waals surface area contributed by atoms with Crippen molar-refractivity contribution in [3.05, 3.63) is 65.5 Å². The first-order valence-corrected chi connectivity index (χ1v) is 9.05. The van der Waals surface area contributed by atoms with E-state index in [4.69, 9.17) is 24.5 Å². The molecule has 2 aromatic rings. The molecule has 156 valence electrons. The summed E-state index contributed by atoms with van der Waals surface area (Å²) in [5, 5.41) is 14.8. The minimum Gasteiger partial charge on any atom is -0.473 e. The Bertz CT molecular complexity index is 779. The quantitative estimate of drug-likeness (QED) is 0.536. The fourth-order valence-corrected chi connectivity index (χ4v) is 2.52. The van der Waals surface area contributed by atoms with Crippen LogP contribution in [-0.4, -0.2) is 65.3 Å². The fourth-order valence-electron chi connectivity index (χ4n) is 2.52. The van der Waals surface area contributed by atoms with Crippen LogP contribution in [0.15, 0.2) is 48.7 Å². The number of hydrogen-bond donors (Lipinski definition) is 2. The highest BCUT2D eigenvalue weighted by Crippen LogP contribution is 2.27. The summed E-state index contributed by atoms with van der Waals surface area (Å²) >= 11 is 0. The topological polar surface area (TPSA) is 117 Å². The second kappa shape index (κ2) is 12.2. The number of carbonyl (C=O) groups excluding carboxylic acids is 1. The molecular formula is C21H26N2O6. The van der Waals surface area contributed by atoms with Crippen LogP contribution < -0.4 is 0 Å². The summed E-state index contributed by atoms with van der Waals surface area (Å²) in [5.74, 6) is -3.71. The van der Waals surface area contributed by atoms with E-state index in [-0.39, 0.29) is 11.9 Å². The molecule has 1 heterocycles. The van der Waals surface area contributed by atoms with Gasteiger partial charge in [0.25, 0.3) is 0 Å². The number of pyridine rings is 1. The minimum atomic E-state index is -1.82. The maximum absolute atomic E-state index is 11.8. The third kappa shape index (κ3) is 8.52. The molecule has 2 rings (SSSR count). The number of rotatable bonds is 7. The van der Waals surface area contributed by atoms with Crippen molar-refractivity contribution < 1.29 is 29.3 Å². The molecule has 0 radical (unpaired) electrons. The van der Waals surface area contributed by atoms with Crippen LogP contribution in [0.3, 0.4) is 0 Å². The Labute approximate surface area is 169 Å². The van der Waals surface area contributed by atoms with Gasteiger partial charge in [0, 0.05) is 17.8 Å². The predicted molar refractivity (Wildman–Crippen MR) is 107 cm³/mol. The van der Waals surface area contributed by atoms with Gasteiger partial charge in [0.05, 0.1) is 12.2 Å². The second-order valence-corrected chi connectivity index (χ2v) is 6.35. The van der Waals surface area contributed by atoms with Crippen molar-refractivity contribution in [2.24, 2.45) is 0 Å². The van der Waals surface area contributed by atoms with Crippen molar-refractivity contribution in [2.45, 2.75) is 19.3 Å². The Kier molecular flexibility index (Phi) is 10.0. The highest BCUT2D eigenvalue weighted by molar-refractivity contribution is 6.27. The van der Waals surface area contributed by atoms with Crippen LogP contribution in [0.25, 0.3) is 0 Å². The van der Waals surface area contributed by atoms with Crippen LogP contribution in [0.1, 0.15) is 40.9 Å². The molecule has 1 atom stereocenters. The molecule has 0 aliphatic carbocycles. The third-order valence-electron chi connectivity index (χ3n) is 3.92. The Morgan fingerprint density at radius 2 is 1.66 bits per heavy atom. The van der Waals surface area contributed by atoms with Crippen molar-refractivity contribution in [2.75, 3.05) is 27.2 Å². The lowest BCUT2D eigenvalue weighted by Crippen LogP contribution is -2.17. The van der Waals surface area contributed by atoms with Crippen molar-refractivity contribution in [1.82, 2.24) is 9.88 Å². The van der Waals surface area contributed by atoms with Gasteiger partial charge in [-0.15, -0.1) is 0 Å². The summed E-state index contributed by atoms with van der Waals surface area (Å²) < 4.78 is 5.03. The standard InChI is InChI=1S/C19H24N2O2.C2H2O4/c1-4-23-19(22)16-10-8-15(9-11-16)17(12-14-21(2)3)18-7-5-6-13-20-18;3-1(4)2(5)6/h5-11,13,17H,4,12,14H2,1-3H3;(H,3,4)(H,5,6). The highest BCUT2D eigenvalue weighted by atomic mass is 16.5. The van der Waals surface area contributed by atoms with E-state index < -0.39 is 11.9 Å². The zero-order chi connectivity index (χ0) is 21.8. The van der Waals surface area contributed by atoms with Crippen LogP contribution >= 0.6 is 0 Å². The molecule has 0 fully saturated rings. The highest BCUT2D eigenvalue weighted by Gasteiger charge is 2.16. The van der Waals surface area contributed by atoms with E-state index in [0.717, 1.165) is 18.7 Å². The van der Waals surface area contributed by atoms with Gasteiger partial charge in [0.1, 0.15) is 0 Å². The average molecular weight is 402 g/mol. The summed E-state index contributed by atoms with van der Waals surface area (Å²) in [6.07, 6.45) is 2.80. The number of esters is 1. The normalized spacial score (nSPS) is 11.2. The second-order valence-electron chi connectivity index (χ2n) is 6.35. The van der Waals surface area contributed by atoms with E-state index >= 15 is 0 Å². The van der Waals surface area contributed by atoms with Gasteiger partial charge in [0.15, 0.2) is 0 Å². The summed E-state index contributed by atoms with van der Waals surface area (Å²) in [4.78, 5) is 36.6. The van der Waals surface area contributed by atoms with Gasteiger partial charge in [-0.2, -0.15) is 0 Å². The van der Waals surface area contributed by atoms with E-state index in [1.54, 1.807) is 0 Å². The Hall–Kier alpha value is -3.26. The number of carbonyl (C=O) groups is 3. The van der Waals surface area contributed by atoms with Gasteiger partial charge in [-0.3, -0.25) is 4.98 Å². The first kappa shape index (κ1) is 23.8. The number of nitrogens with zero attached hydrogens (tertiary/aromatic N) is 2. The molecule has 8 nitrogen and oxygen atoms in total. The van der Waals surface area contributed by atoms with Crippen molar-refractivity contribution in [3.63, 3.8) is 0 Å². The van der Waals surface area contributed by atoms with Gasteiger partial charge in [-0.25, -0.2) is 14.4 Å². The molecule has 0 saturated carbocycles. The number of carboxylic acids is 2. The van der Waals surface area contributed by atoms with Gasteiger partial charge >= 0.3 is 17.9 Å². The number of carboxylic acid groups (broad SMARTS) is 2. The molecule has 0 aliphatic heterocycles. The lowest BCUT2D eigenvalue weighted by molar-refractivity contribution is -0.159. The molecule has 29 heavy (non-hydrogen) atoms. The van der Waals surface area contributed by atoms with Crippen molar-refractivity contribution in [1.29, 1.82) is 0 Å². The lowest BCUT2D eigenvalue weighted by Gasteiger charge is -2.19. The van der Waals surface area contributed by atoms with Gasteiger partial charge in [-0.1, -0.05) is 18.2 Å². The Morgan fingerprint density at radius 1 is 1.03 bits per heavy atom. The SMILES string of the molecule is CCOC(=O)c1ccc(C(CCN(C)C)c2ccccn2)cc1.O=C(O)C(=O)O. The number of ether oxygens (including phenoxy) is 1. The lowest BCUT2D eigenvalue weighted by atomic mass is 9.91. The van der Waals surface area contributed by atoms with Gasteiger partial charge < -0.3 is 19.8 Å². The minimum absolute atomic E-state index is 0.217. The summed E-state index contributed by atoms with van der Waals surface area (Å²) in [6.45, 7) is 3.17. The molecule has 8 heteroatoms. The maximum atomic E-state index is 11.8. The molecule has 1 aromatic carbocycles. The summed E-state index contributed by atoms with van der Waals surface area (Å²) in [7, 11) is 4.14. The van der Waals surface area contributed by atoms with Crippen LogP contribution in [0, 0.1) is 0 Å². The smallest absolute Gasteiger partial charge is 0.414 e. The monoisotopic (exact) mass is 402 g/mol. The fraction of sp³-hybridized carbons (Fsp3) is 0.333. The van der Waals surface area contributed by atoms with Gasteiger partial charge in [-0.05, 0) is 63.8 Å². The number of hydrogen-bond acceptors (Lipinski definition) is 6. The van der Waals surface area contributed by atoms with E-state index in [0.29, 0.717) is 12.2 Å². The summed E-state index contributed by atoms with van der Waals surface area (Å²) in [6, 6.07) is 13.7.